The summed E-state index contributed by atoms with van der Waals surface area (Å²) in [6, 6.07) is 6.93. The van der Waals surface area contributed by atoms with Crippen molar-refractivity contribution in [2.75, 3.05) is 31.6 Å². The van der Waals surface area contributed by atoms with Crippen LogP contribution in [0.1, 0.15) is 12.8 Å². The number of hydrogen-bond acceptors (Lipinski definition) is 3. The van der Waals surface area contributed by atoms with E-state index < -0.39 is 0 Å². The van der Waals surface area contributed by atoms with Gasteiger partial charge in [-0.1, -0.05) is 23.7 Å². The Labute approximate surface area is 135 Å². The minimum Gasteiger partial charge on any atom is -0.333 e. The van der Waals surface area contributed by atoms with E-state index in [1.807, 2.05) is 18.2 Å². The van der Waals surface area contributed by atoms with E-state index in [2.05, 4.69) is 5.32 Å². The smallest absolute Gasteiger partial charge is 0.249 e. The largest absolute Gasteiger partial charge is 0.333 e. The molecule has 2 fully saturated rings. The van der Waals surface area contributed by atoms with Crippen LogP contribution >= 0.6 is 11.6 Å². The molecule has 0 radical (unpaired) electrons. The number of carbonyl (C=O) groups excluding carboxylic acids is 2. The number of carbonyl (C=O) groups is 2. The van der Waals surface area contributed by atoms with Crippen LogP contribution in [0.5, 0.6) is 0 Å². The molecule has 22 heavy (non-hydrogen) atoms. The first-order valence-corrected chi connectivity index (χ1v) is 8.00. The van der Waals surface area contributed by atoms with Crippen LogP contribution in [0.2, 0.25) is 5.02 Å². The lowest BCUT2D eigenvalue weighted by Crippen LogP contribution is -2.45. The van der Waals surface area contributed by atoms with Gasteiger partial charge in [0.2, 0.25) is 11.8 Å². The maximum atomic E-state index is 12.7. The highest BCUT2D eigenvalue weighted by molar-refractivity contribution is 6.34. The zero-order chi connectivity index (χ0) is 15.7. The Morgan fingerprint density at radius 2 is 2.14 bits per heavy atom. The monoisotopic (exact) mass is 321 g/mol. The molecule has 6 heteroatoms. The second-order valence-electron chi connectivity index (χ2n) is 5.88. The number of anilines is 1. The molecule has 0 bridgehead atoms. The van der Waals surface area contributed by atoms with Gasteiger partial charge in [0, 0.05) is 20.1 Å². The molecular formula is C16H20ClN3O2. The Balaban J connectivity index is 1.73. The van der Waals surface area contributed by atoms with Crippen molar-refractivity contribution in [3.63, 3.8) is 0 Å². The first-order chi connectivity index (χ1) is 10.6. The van der Waals surface area contributed by atoms with E-state index in [1.54, 1.807) is 22.9 Å². The number of para-hydroxylation sites is 1. The molecule has 0 unspecified atom stereocenters. The van der Waals surface area contributed by atoms with Crippen LogP contribution < -0.4 is 10.2 Å². The topological polar surface area (TPSA) is 52.7 Å². The van der Waals surface area contributed by atoms with E-state index in [9.17, 15) is 9.59 Å². The molecule has 5 nitrogen and oxygen atoms in total. The summed E-state index contributed by atoms with van der Waals surface area (Å²) in [6.07, 6.45) is 1.49. The number of benzene rings is 1. The summed E-state index contributed by atoms with van der Waals surface area (Å²) in [4.78, 5) is 28.5. The quantitative estimate of drug-likeness (QED) is 0.918. The molecule has 0 aliphatic carbocycles. The molecule has 2 saturated heterocycles. The van der Waals surface area contributed by atoms with Crippen molar-refractivity contribution >= 4 is 29.1 Å². The summed E-state index contributed by atoms with van der Waals surface area (Å²) in [5, 5.41) is 3.75. The van der Waals surface area contributed by atoms with Crippen LogP contribution in [0.3, 0.4) is 0 Å². The van der Waals surface area contributed by atoms with Gasteiger partial charge in [-0.25, -0.2) is 0 Å². The van der Waals surface area contributed by atoms with E-state index in [1.165, 1.54) is 0 Å². The Morgan fingerprint density at radius 1 is 1.36 bits per heavy atom. The van der Waals surface area contributed by atoms with Crippen LogP contribution in [-0.4, -0.2) is 49.4 Å². The lowest BCUT2D eigenvalue weighted by Gasteiger charge is -2.26. The predicted molar refractivity (Wildman–Crippen MR) is 86.0 cm³/mol. The van der Waals surface area contributed by atoms with Crippen LogP contribution in [0.15, 0.2) is 24.3 Å². The molecule has 2 aliphatic heterocycles. The van der Waals surface area contributed by atoms with Gasteiger partial charge >= 0.3 is 0 Å². The van der Waals surface area contributed by atoms with E-state index in [4.69, 9.17) is 11.6 Å². The van der Waals surface area contributed by atoms with Crippen molar-refractivity contribution in [2.45, 2.75) is 18.9 Å². The highest BCUT2D eigenvalue weighted by Crippen LogP contribution is 2.30. The molecule has 3 rings (SSSR count). The van der Waals surface area contributed by atoms with Crippen molar-refractivity contribution in [1.82, 2.24) is 10.2 Å². The third-order valence-electron chi connectivity index (χ3n) is 4.55. The van der Waals surface area contributed by atoms with E-state index in [-0.39, 0.29) is 23.8 Å². The van der Waals surface area contributed by atoms with Gasteiger partial charge in [-0.2, -0.15) is 0 Å². The first-order valence-electron chi connectivity index (χ1n) is 7.63. The van der Waals surface area contributed by atoms with Gasteiger partial charge in [-0.15, -0.1) is 0 Å². The normalized spacial score (nSPS) is 24.8. The molecule has 1 aromatic rings. The summed E-state index contributed by atoms with van der Waals surface area (Å²) in [6.45, 7) is 2.17. The number of hydrogen-bond donors (Lipinski definition) is 1. The summed E-state index contributed by atoms with van der Waals surface area (Å²) in [5.41, 5.74) is 0.722. The Hall–Kier alpha value is -1.59. The number of nitrogens with one attached hydrogen (secondary N) is 1. The number of halogens is 1. The number of likely N-dealkylation sites (N-methyl/N-ethyl adjacent to an activating group) is 1. The molecule has 2 heterocycles. The van der Waals surface area contributed by atoms with Gasteiger partial charge in [0.05, 0.1) is 16.6 Å². The lowest BCUT2D eigenvalue weighted by atomic mass is 10.1. The van der Waals surface area contributed by atoms with Crippen LogP contribution in [0.25, 0.3) is 0 Å². The fourth-order valence-corrected chi connectivity index (χ4v) is 3.48. The van der Waals surface area contributed by atoms with Crippen molar-refractivity contribution < 1.29 is 9.59 Å². The predicted octanol–water partition coefficient (Wildman–Crippen LogP) is 1.51. The van der Waals surface area contributed by atoms with E-state index >= 15 is 0 Å². The highest BCUT2D eigenvalue weighted by Gasteiger charge is 2.39. The minimum atomic E-state index is -0.385. The molecule has 0 saturated carbocycles. The summed E-state index contributed by atoms with van der Waals surface area (Å²) >= 11 is 6.18. The highest BCUT2D eigenvalue weighted by atomic mass is 35.5. The Bertz CT molecular complexity index is 587. The molecule has 2 amide bonds. The van der Waals surface area contributed by atoms with Gasteiger partial charge in [-0.05, 0) is 31.5 Å². The number of rotatable bonds is 3. The molecule has 0 spiro atoms. The van der Waals surface area contributed by atoms with Gasteiger partial charge in [0.1, 0.15) is 6.04 Å². The van der Waals surface area contributed by atoms with Crippen LogP contribution in [0, 0.1) is 5.92 Å². The van der Waals surface area contributed by atoms with E-state index in [0.29, 0.717) is 24.5 Å². The number of nitrogens with zero attached hydrogens (tertiary/aromatic N) is 2. The number of amides is 2. The second kappa shape index (κ2) is 6.26. The van der Waals surface area contributed by atoms with Crippen molar-refractivity contribution in [2.24, 2.45) is 5.92 Å². The summed E-state index contributed by atoms with van der Waals surface area (Å²) < 4.78 is 0. The van der Waals surface area contributed by atoms with Gasteiger partial charge in [0.15, 0.2) is 0 Å². The van der Waals surface area contributed by atoms with Crippen LogP contribution in [-0.2, 0) is 9.59 Å². The minimum absolute atomic E-state index is 0.00726. The summed E-state index contributed by atoms with van der Waals surface area (Å²) in [5.74, 6) is 0.00595. The Kier molecular flexibility index (Phi) is 4.36. The van der Waals surface area contributed by atoms with Crippen LogP contribution in [0.4, 0.5) is 5.69 Å². The standard InChI is InChI=1S/C16H20ClN3O2/c1-19(15(21)11-6-8-18-10-11)14-7-9-20(16(14)22)13-5-3-2-4-12(13)17/h2-5,11,14,18H,6-10H2,1H3/t11-,14+/m1/s1. The molecule has 1 N–H and O–H groups in total. The van der Waals surface area contributed by atoms with E-state index in [0.717, 1.165) is 18.7 Å². The summed E-state index contributed by atoms with van der Waals surface area (Å²) in [7, 11) is 1.74. The first kappa shape index (κ1) is 15.3. The van der Waals surface area contributed by atoms with Crippen molar-refractivity contribution in [1.29, 1.82) is 0 Å². The molecule has 2 aliphatic rings. The average Bonchev–Trinajstić information content (AvgIpc) is 3.16. The Morgan fingerprint density at radius 3 is 2.82 bits per heavy atom. The zero-order valence-corrected chi connectivity index (χ0v) is 13.3. The third kappa shape index (κ3) is 2.71. The fourth-order valence-electron chi connectivity index (χ4n) is 3.24. The SMILES string of the molecule is CN(C(=O)[C@@H]1CCNC1)[C@H]1CCN(c2ccccc2Cl)C1=O. The molecule has 2 atom stereocenters. The van der Waals surface area contributed by atoms with Gasteiger partial charge in [0.25, 0.3) is 0 Å². The lowest BCUT2D eigenvalue weighted by molar-refractivity contribution is -0.139. The molecule has 0 aromatic heterocycles. The molecule has 118 valence electrons. The molecule has 1 aromatic carbocycles. The maximum Gasteiger partial charge on any atom is 0.249 e. The third-order valence-corrected chi connectivity index (χ3v) is 4.86. The molecular weight excluding hydrogens is 302 g/mol. The van der Waals surface area contributed by atoms with Gasteiger partial charge < -0.3 is 15.1 Å². The van der Waals surface area contributed by atoms with Crippen molar-refractivity contribution in [3.05, 3.63) is 29.3 Å². The fraction of sp³-hybridized carbons (Fsp3) is 0.500. The van der Waals surface area contributed by atoms with Crippen molar-refractivity contribution in [3.8, 4) is 0 Å². The zero-order valence-electron chi connectivity index (χ0n) is 12.6. The van der Waals surface area contributed by atoms with Gasteiger partial charge in [-0.3, -0.25) is 9.59 Å². The maximum absolute atomic E-state index is 12.7. The second-order valence-corrected chi connectivity index (χ2v) is 6.29. The average molecular weight is 322 g/mol.